The summed E-state index contributed by atoms with van der Waals surface area (Å²) in [6, 6.07) is 9.18. The first-order valence-electron chi connectivity index (χ1n) is 17.1. The summed E-state index contributed by atoms with van der Waals surface area (Å²) in [7, 11) is 4.69. The maximum absolute atomic E-state index is 6.28. The topological polar surface area (TPSA) is 31.4 Å². The second-order valence-electron chi connectivity index (χ2n) is 14.0. The molecular formula is C39H54NO2P. The van der Waals surface area contributed by atoms with E-state index in [1.807, 2.05) is 14.2 Å². The number of rotatable bonds is 9. The van der Waals surface area contributed by atoms with Crippen molar-refractivity contribution in [1.29, 1.82) is 0 Å². The Bertz CT molecular complexity index is 1370. The second kappa shape index (κ2) is 14.2. The van der Waals surface area contributed by atoms with Gasteiger partial charge in [-0.1, -0.05) is 92.2 Å². The molecule has 2 aromatic carbocycles. The highest BCUT2D eigenvalue weighted by Crippen LogP contribution is 2.55. The Morgan fingerprint density at radius 3 is 1.65 bits per heavy atom. The van der Waals surface area contributed by atoms with Gasteiger partial charge in [0, 0.05) is 31.0 Å². The highest BCUT2D eigenvalue weighted by Gasteiger charge is 2.32. The monoisotopic (exact) mass is 599 g/mol. The zero-order chi connectivity index (χ0) is 30.7. The fraction of sp³-hybridized carbons (Fsp3) is 0.590. The molecule has 2 aliphatic rings. The molecule has 0 unspecified atom stereocenters. The average Bonchev–Trinajstić information content (AvgIpc) is 3.03. The van der Waals surface area contributed by atoms with Gasteiger partial charge in [0.25, 0.3) is 0 Å². The SMILES string of the molecule is COc1ccc(OC)c(-c2c(C(C)C)cc(C(C)C)cc2C(C)C)c1-c1pncc(C2CCCCC2)c1C1CCCCC1. The van der Waals surface area contributed by atoms with Gasteiger partial charge in [-0.25, -0.2) is 4.75 Å². The van der Waals surface area contributed by atoms with Crippen LogP contribution in [0.1, 0.15) is 163 Å². The van der Waals surface area contributed by atoms with E-state index < -0.39 is 0 Å². The molecule has 1 heterocycles. The van der Waals surface area contributed by atoms with E-state index in [2.05, 4.69) is 72.0 Å². The predicted octanol–water partition coefficient (Wildman–Crippen LogP) is 12.5. The maximum atomic E-state index is 6.28. The lowest BCUT2D eigenvalue weighted by Crippen LogP contribution is -2.14. The lowest BCUT2D eigenvalue weighted by Gasteiger charge is -2.32. The summed E-state index contributed by atoms with van der Waals surface area (Å²) >= 11 is 0. The Hall–Kier alpha value is -2.38. The van der Waals surface area contributed by atoms with Crippen LogP contribution in [0.4, 0.5) is 0 Å². The van der Waals surface area contributed by atoms with Crippen LogP contribution in [-0.4, -0.2) is 19.0 Å². The van der Waals surface area contributed by atoms with Crippen LogP contribution in [0.5, 0.6) is 11.5 Å². The molecule has 0 aliphatic heterocycles. The quantitative estimate of drug-likeness (QED) is 0.245. The van der Waals surface area contributed by atoms with Gasteiger partial charge in [0.05, 0.1) is 14.2 Å². The van der Waals surface area contributed by atoms with E-state index in [1.165, 1.54) is 108 Å². The third kappa shape index (κ3) is 6.54. The van der Waals surface area contributed by atoms with Crippen LogP contribution >= 0.6 is 8.35 Å². The van der Waals surface area contributed by atoms with Gasteiger partial charge in [0.15, 0.2) is 0 Å². The first kappa shape index (κ1) is 32.0. The molecule has 0 saturated heterocycles. The summed E-state index contributed by atoms with van der Waals surface area (Å²) in [5, 5.41) is 1.36. The number of ether oxygens (including phenoxy) is 2. The fourth-order valence-corrected chi connectivity index (χ4v) is 8.82. The summed E-state index contributed by atoms with van der Waals surface area (Å²) in [5.41, 5.74) is 11.1. The highest BCUT2D eigenvalue weighted by atomic mass is 31.0. The second-order valence-corrected chi connectivity index (χ2v) is 14.9. The summed E-state index contributed by atoms with van der Waals surface area (Å²) in [5.74, 6) is 4.26. The molecule has 0 amide bonds. The van der Waals surface area contributed by atoms with Crippen LogP contribution in [0.15, 0.2) is 30.5 Å². The van der Waals surface area contributed by atoms with Gasteiger partial charge in [-0.05, 0) is 101 Å². The van der Waals surface area contributed by atoms with Crippen LogP contribution in [0.2, 0.25) is 0 Å². The van der Waals surface area contributed by atoms with Crippen molar-refractivity contribution in [2.45, 2.75) is 135 Å². The molecule has 5 rings (SSSR count). The van der Waals surface area contributed by atoms with Gasteiger partial charge < -0.3 is 9.47 Å². The number of hydrogen-bond donors (Lipinski definition) is 0. The smallest absolute Gasteiger partial charge is 0.128 e. The highest BCUT2D eigenvalue weighted by molar-refractivity contribution is 7.29. The van der Waals surface area contributed by atoms with Crippen LogP contribution in [0, 0.1) is 0 Å². The summed E-state index contributed by atoms with van der Waals surface area (Å²) in [6.45, 7) is 14.0. The van der Waals surface area contributed by atoms with Crippen molar-refractivity contribution in [3.63, 3.8) is 0 Å². The number of aromatic nitrogens is 1. The molecule has 232 valence electrons. The van der Waals surface area contributed by atoms with Gasteiger partial charge in [0.1, 0.15) is 11.5 Å². The van der Waals surface area contributed by atoms with Crippen LogP contribution in [0.3, 0.4) is 0 Å². The first-order chi connectivity index (χ1) is 20.8. The number of benzene rings is 2. The van der Waals surface area contributed by atoms with E-state index >= 15 is 0 Å². The molecule has 2 aliphatic carbocycles. The largest absolute Gasteiger partial charge is 0.496 e. The molecule has 2 saturated carbocycles. The van der Waals surface area contributed by atoms with E-state index in [-0.39, 0.29) is 0 Å². The standard InChI is InChI=1S/C39H54NO2P/c1-24(2)29-21-30(25(3)4)36(31(22-29)26(5)6)37-33(41-7)19-20-34(42-8)38(37)39-35(28-17-13-10-14-18-28)32(23-40-43-39)27-15-11-9-12-16-27/h19-28H,9-18H2,1-8H3. The Balaban J connectivity index is 1.90. The first-order valence-corrected chi connectivity index (χ1v) is 17.9. The van der Waals surface area contributed by atoms with Gasteiger partial charge in [-0.2, -0.15) is 0 Å². The predicted molar refractivity (Wildman–Crippen MR) is 185 cm³/mol. The zero-order valence-electron chi connectivity index (χ0n) is 28.1. The Labute approximate surface area is 263 Å². The van der Waals surface area contributed by atoms with Gasteiger partial charge in [0.2, 0.25) is 0 Å². The molecule has 0 radical (unpaired) electrons. The summed E-state index contributed by atoms with van der Waals surface area (Å²) < 4.78 is 17.7. The van der Waals surface area contributed by atoms with E-state index in [4.69, 9.17) is 14.2 Å². The van der Waals surface area contributed by atoms with E-state index in [0.717, 1.165) is 19.9 Å². The molecule has 1 aromatic heterocycles. The molecule has 43 heavy (non-hydrogen) atoms. The van der Waals surface area contributed by atoms with Gasteiger partial charge in [-0.3, -0.25) is 0 Å². The van der Waals surface area contributed by atoms with Crippen LogP contribution in [-0.2, 0) is 0 Å². The van der Waals surface area contributed by atoms with E-state index in [9.17, 15) is 0 Å². The molecule has 2 fully saturated rings. The van der Waals surface area contributed by atoms with Crippen molar-refractivity contribution < 1.29 is 9.47 Å². The Morgan fingerprint density at radius 2 is 1.16 bits per heavy atom. The average molecular weight is 600 g/mol. The van der Waals surface area contributed by atoms with E-state index in [0.29, 0.717) is 29.6 Å². The molecular weight excluding hydrogens is 545 g/mol. The van der Waals surface area contributed by atoms with Crippen molar-refractivity contribution in [1.82, 2.24) is 4.75 Å². The van der Waals surface area contributed by atoms with Crippen LogP contribution in [0.25, 0.3) is 22.0 Å². The number of hydrogen-bond acceptors (Lipinski definition) is 3. The lowest BCUT2D eigenvalue weighted by atomic mass is 9.75. The molecule has 3 aromatic rings. The van der Waals surface area contributed by atoms with E-state index in [1.54, 1.807) is 5.56 Å². The van der Waals surface area contributed by atoms with Crippen molar-refractivity contribution in [3.8, 4) is 33.5 Å². The van der Waals surface area contributed by atoms with Gasteiger partial charge in [-0.15, -0.1) is 0 Å². The van der Waals surface area contributed by atoms with Crippen molar-refractivity contribution >= 4 is 8.35 Å². The van der Waals surface area contributed by atoms with Crippen LogP contribution < -0.4 is 9.47 Å². The minimum absolute atomic E-state index is 0.369. The minimum atomic E-state index is 0.369. The van der Waals surface area contributed by atoms with Crippen molar-refractivity contribution in [3.05, 3.63) is 58.3 Å². The lowest BCUT2D eigenvalue weighted by molar-refractivity contribution is 0.405. The molecule has 0 atom stereocenters. The summed E-state index contributed by atoms with van der Waals surface area (Å²) in [4.78, 5) is 0. The molecule has 3 nitrogen and oxygen atoms in total. The molecule has 0 bridgehead atoms. The Kier molecular flexibility index (Phi) is 10.5. The zero-order valence-corrected chi connectivity index (χ0v) is 28.9. The third-order valence-electron chi connectivity index (χ3n) is 10.2. The third-order valence-corrected chi connectivity index (χ3v) is 11.1. The molecule has 0 spiro atoms. The molecule has 4 heteroatoms. The molecule has 0 N–H and O–H groups in total. The normalized spacial score (nSPS) is 17.0. The van der Waals surface area contributed by atoms with Crippen molar-refractivity contribution in [2.75, 3.05) is 14.2 Å². The fourth-order valence-electron chi connectivity index (χ4n) is 7.79. The Morgan fingerprint density at radius 1 is 0.651 bits per heavy atom. The van der Waals surface area contributed by atoms with Crippen molar-refractivity contribution in [2.24, 2.45) is 0 Å². The summed E-state index contributed by atoms with van der Waals surface area (Å²) in [6.07, 6.45) is 15.4. The maximum Gasteiger partial charge on any atom is 0.128 e. The number of nitrogens with zero attached hydrogens (tertiary/aromatic N) is 1. The van der Waals surface area contributed by atoms with Gasteiger partial charge >= 0.3 is 0 Å². The number of methoxy groups -OCH3 is 2. The minimum Gasteiger partial charge on any atom is -0.496 e.